The summed E-state index contributed by atoms with van der Waals surface area (Å²) < 4.78 is 0. The van der Waals surface area contributed by atoms with Crippen molar-refractivity contribution in [2.24, 2.45) is 0 Å². The third-order valence-corrected chi connectivity index (χ3v) is 6.77. The molecule has 0 saturated carbocycles. The van der Waals surface area contributed by atoms with Gasteiger partial charge in [-0.2, -0.15) is 0 Å². The van der Waals surface area contributed by atoms with Gasteiger partial charge < -0.3 is 15.1 Å². The molecule has 4 rings (SSSR count). The second-order valence-corrected chi connectivity index (χ2v) is 8.88. The molecule has 3 aliphatic heterocycles. The Kier molecular flexibility index (Phi) is 5.73. The van der Waals surface area contributed by atoms with Gasteiger partial charge >= 0.3 is 0 Å². The van der Waals surface area contributed by atoms with Gasteiger partial charge in [0, 0.05) is 45.4 Å². The van der Waals surface area contributed by atoms with E-state index in [1.807, 2.05) is 30.0 Å². The fourth-order valence-corrected chi connectivity index (χ4v) is 5.15. The van der Waals surface area contributed by atoms with Gasteiger partial charge in [0.25, 0.3) is 5.91 Å². The first-order chi connectivity index (χ1) is 14.8. The Hall–Kier alpha value is -2.90. The molecule has 4 amide bonds. The van der Waals surface area contributed by atoms with Gasteiger partial charge in [-0.15, -0.1) is 0 Å². The van der Waals surface area contributed by atoms with Crippen molar-refractivity contribution < 1.29 is 19.2 Å². The summed E-state index contributed by atoms with van der Waals surface area (Å²) in [5, 5.41) is 2.92. The number of hydrogen-bond acceptors (Lipinski definition) is 4. The van der Waals surface area contributed by atoms with Crippen molar-refractivity contribution in [2.75, 3.05) is 24.5 Å². The maximum Gasteiger partial charge on any atom is 0.257 e. The van der Waals surface area contributed by atoms with Gasteiger partial charge in [0.2, 0.25) is 17.7 Å². The van der Waals surface area contributed by atoms with Crippen LogP contribution in [0.25, 0.3) is 0 Å². The first kappa shape index (κ1) is 21.3. The number of piperidine rings is 1. The average molecular weight is 427 g/mol. The summed E-state index contributed by atoms with van der Waals surface area (Å²) in [4.78, 5) is 55.1. The molecule has 2 fully saturated rings. The highest BCUT2D eigenvalue weighted by Crippen LogP contribution is 2.44. The number of amides is 4. The number of anilines is 1. The summed E-state index contributed by atoms with van der Waals surface area (Å²) in [7, 11) is 0. The minimum absolute atomic E-state index is 0.0329. The van der Waals surface area contributed by atoms with Crippen LogP contribution < -0.4 is 10.2 Å². The van der Waals surface area contributed by atoms with Crippen molar-refractivity contribution in [2.45, 2.75) is 64.1 Å². The van der Waals surface area contributed by atoms with Crippen LogP contribution in [0.2, 0.25) is 0 Å². The summed E-state index contributed by atoms with van der Waals surface area (Å²) in [6, 6.07) is 7.40. The summed E-state index contributed by atoms with van der Waals surface area (Å²) >= 11 is 0. The maximum atomic E-state index is 13.2. The van der Waals surface area contributed by atoms with Crippen LogP contribution in [-0.4, -0.2) is 64.8 Å². The van der Waals surface area contributed by atoms with Crippen LogP contribution in [0.1, 0.15) is 62.7 Å². The van der Waals surface area contributed by atoms with Crippen LogP contribution in [0.5, 0.6) is 0 Å². The van der Waals surface area contributed by atoms with Gasteiger partial charge in [-0.3, -0.25) is 24.1 Å². The predicted molar refractivity (Wildman–Crippen MR) is 115 cm³/mol. The molecular formula is C23H30N4O4. The molecule has 8 heteroatoms. The Bertz CT molecular complexity index is 909. The molecule has 31 heavy (non-hydrogen) atoms. The predicted octanol–water partition coefficient (Wildman–Crippen LogP) is 1.89. The minimum atomic E-state index is -0.678. The number of rotatable bonds is 5. The second-order valence-electron chi connectivity index (χ2n) is 8.88. The van der Waals surface area contributed by atoms with Gasteiger partial charge in [0.15, 0.2) is 0 Å². The quantitative estimate of drug-likeness (QED) is 0.779. The molecule has 8 nitrogen and oxygen atoms in total. The van der Waals surface area contributed by atoms with E-state index in [0.717, 1.165) is 12.8 Å². The number of nitrogens with one attached hydrogen (secondary N) is 1. The van der Waals surface area contributed by atoms with E-state index in [0.29, 0.717) is 56.6 Å². The molecule has 0 aliphatic carbocycles. The smallest absolute Gasteiger partial charge is 0.257 e. The van der Waals surface area contributed by atoms with Crippen molar-refractivity contribution >= 4 is 29.3 Å². The lowest BCUT2D eigenvalue weighted by atomic mass is 9.97. The topological polar surface area (TPSA) is 90.0 Å². The summed E-state index contributed by atoms with van der Waals surface area (Å²) in [5.74, 6) is -0.000638. The Morgan fingerprint density at radius 1 is 1.16 bits per heavy atom. The van der Waals surface area contributed by atoms with E-state index in [1.165, 1.54) is 6.92 Å². The molecule has 3 aliphatic rings. The second kappa shape index (κ2) is 8.32. The van der Waals surface area contributed by atoms with Gasteiger partial charge in [0.1, 0.15) is 5.66 Å². The van der Waals surface area contributed by atoms with E-state index in [4.69, 9.17) is 0 Å². The molecule has 1 N–H and O–H groups in total. The number of benzene rings is 1. The van der Waals surface area contributed by atoms with Gasteiger partial charge in [-0.25, -0.2) is 0 Å². The normalized spacial score (nSPS) is 23.6. The zero-order chi connectivity index (χ0) is 22.2. The number of carbonyl (C=O) groups is 4. The molecule has 1 atom stereocenters. The van der Waals surface area contributed by atoms with Crippen molar-refractivity contribution in [3.05, 3.63) is 29.8 Å². The third kappa shape index (κ3) is 3.91. The van der Waals surface area contributed by atoms with E-state index >= 15 is 0 Å². The number of fused-ring (bicyclic) bond motifs is 3. The number of hydrogen-bond donors (Lipinski definition) is 1. The number of carbonyl (C=O) groups excluding carboxylic acids is 4. The fourth-order valence-electron chi connectivity index (χ4n) is 5.15. The van der Waals surface area contributed by atoms with Gasteiger partial charge in [-0.1, -0.05) is 12.1 Å². The Labute approximate surface area is 182 Å². The molecule has 166 valence electrons. The zero-order valence-corrected chi connectivity index (χ0v) is 18.2. The highest BCUT2D eigenvalue weighted by molar-refractivity contribution is 6.10. The van der Waals surface area contributed by atoms with Gasteiger partial charge in [0.05, 0.1) is 11.3 Å². The van der Waals surface area contributed by atoms with Crippen LogP contribution in [0, 0.1) is 0 Å². The first-order valence-corrected chi connectivity index (χ1v) is 11.1. The van der Waals surface area contributed by atoms with Crippen molar-refractivity contribution in [1.82, 2.24) is 15.1 Å². The summed E-state index contributed by atoms with van der Waals surface area (Å²) in [5.41, 5.74) is 0.552. The minimum Gasteiger partial charge on any atom is -0.353 e. The third-order valence-electron chi connectivity index (χ3n) is 6.77. The van der Waals surface area contributed by atoms with Crippen molar-refractivity contribution in [3.8, 4) is 0 Å². The molecule has 0 spiro atoms. The molecule has 1 aromatic carbocycles. The van der Waals surface area contributed by atoms with Crippen molar-refractivity contribution in [3.63, 3.8) is 0 Å². The number of likely N-dealkylation sites (tertiary alicyclic amines) is 1. The highest BCUT2D eigenvalue weighted by atomic mass is 16.2. The zero-order valence-electron chi connectivity index (χ0n) is 18.2. The SMILES string of the molecule is CC(=O)NC1CCN(C(=O)CCCN2C(=O)c3ccccc3N3C(=O)CCC23C)CC1. The van der Waals surface area contributed by atoms with Crippen LogP contribution in [0.4, 0.5) is 5.69 Å². The lowest BCUT2D eigenvalue weighted by Crippen LogP contribution is -2.62. The van der Waals surface area contributed by atoms with E-state index in [1.54, 1.807) is 15.9 Å². The van der Waals surface area contributed by atoms with Crippen LogP contribution in [0.3, 0.4) is 0 Å². The monoisotopic (exact) mass is 426 g/mol. The molecule has 2 saturated heterocycles. The van der Waals surface area contributed by atoms with E-state index in [-0.39, 0.29) is 29.7 Å². The fraction of sp³-hybridized carbons (Fsp3) is 0.565. The molecule has 0 radical (unpaired) electrons. The molecule has 1 aromatic rings. The average Bonchev–Trinajstić information content (AvgIpc) is 3.05. The Balaban J connectivity index is 1.38. The van der Waals surface area contributed by atoms with Crippen LogP contribution in [0.15, 0.2) is 24.3 Å². The van der Waals surface area contributed by atoms with E-state index < -0.39 is 5.66 Å². The van der Waals surface area contributed by atoms with Gasteiger partial charge in [-0.05, 0) is 44.7 Å². The lowest BCUT2D eigenvalue weighted by Gasteiger charge is -2.48. The Morgan fingerprint density at radius 3 is 2.58 bits per heavy atom. The number of nitrogens with zero attached hydrogens (tertiary/aromatic N) is 3. The molecule has 3 heterocycles. The Morgan fingerprint density at radius 2 is 1.87 bits per heavy atom. The van der Waals surface area contributed by atoms with Crippen molar-refractivity contribution in [1.29, 1.82) is 0 Å². The van der Waals surface area contributed by atoms with Crippen LogP contribution in [-0.2, 0) is 14.4 Å². The van der Waals surface area contributed by atoms with E-state index in [2.05, 4.69) is 5.32 Å². The molecule has 1 unspecified atom stereocenters. The number of para-hydroxylation sites is 1. The standard InChI is InChI=1S/C23H30N4O4/c1-16(28)24-17-10-14-25(15-11-17)20(29)8-5-13-26-22(31)18-6-3-4-7-19(18)27-21(30)9-12-23(26,27)2/h3-4,6-7,17H,5,8-15H2,1-2H3,(H,24,28). The first-order valence-electron chi connectivity index (χ1n) is 11.1. The highest BCUT2D eigenvalue weighted by Gasteiger charge is 2.52. The molecular weight excluding hydrogens is 396 g/mol. The summed E-state index contributed by atoms with van der Waals surface area (Å²) in [6.45, 7) is 5.17. The molecule has 0 bridgehead atoms. The summed E-state index contributed by atoms with van der Waals surface area (Å²) in [6.07, 6.45) is 3.45. The largest absolute Gasteiger partial charge is 0.353 e. The van der Waals surface area contributed by atoms with Crippen LogP contribution >= 0.6 is 0 Å². The lowest BCUT2D eigenvalue weighted by molar-refractivity contribution is -0.132. The van der Waals surface area contributed by atoms with E-state index in [9.17, 15) is 19.2 Å². The molecule has 0 aromatic heterocycles. The maximum absolute atomic E-state index is 13.2.